The normalized spacial score (nSPS) is 16.8. The first kappa shape index (κ1) is 15.9. The predicted molar refractivity (Wildman–Crippen MR) is 103 cm³/mol. The highest BCUT2D eigenvalue weighted by molar-refractivity contribution is 6.34. The molecule has 5 nitrogen and oxygen atoms in total. The Hall–Kier alpha value is -2.37. The smallest absolute Gasteiger partial charge is 0.164 e. The summed E-state index contributed by atoms with van der Waals surface area (Å²) in [5, 5.41) is 18.0. The standard InChI is InChI=1S/C19H15Cl2N5/c20-13-7-4-11(5-8-13)16-2-1-3-17-23-25-19(26(16)17)12-6-9-15-14(10-12)18(21)24-22-15/h4-10,16H,1-3H2,(H,22,24). The van der Waals surface area contributed by atoms with Gasteiger partial charge in [0.25, 0.3) is 0 Å². The summed E-state index contributed by atoms with van der Waals surface area (Å²) in [6.45, 7) is 0. The summed E-state index contributed by atoms with van der Waals surface area (Å²) < 4.78 is 2.25. The molecule has 3 heterocycles. The first-order valence-electron chi connectivity index (χ1n) is 8.54. The molecule has 0 radical (unpaired) electrons. The molecule has 0 spiro atoms. The van der Waals surface area contributed by atoms with Gasteiger partial charge >= 0.3 is 0 Å². The molecular weight excluding hydrogens is 369 g/mol. The quantitative estimate of drug-likeness (QED) is 0.526. The SMILES string of the molecule is Clc1ccc(C2CCCc3nnc(-c4ccc5[nH]nc(Cl)c5c4)n32)cc1. The number of benzene rings is 2. The number of H-pyrrole nitrogens is 1. The molecule has 5 rings (SSSR count). The van der Waals surface area contributed by atoms with Crippen LogP contribution in [0.4, 0.5) is 0 Å². The number of fused-ring (bicyclic) bond motifs is 2. The Labute approximate surface area is 160 Å². The zero-order valence-electron chi connectivity index (χ0n) is 13.8. The van der Waals surface area contributed by atoms with Crippen LogP contribution < -0.4 is 0 Å². The van der Waals surface area contributed by atoms with Gasteiger partial charge in [-0.25, -0.2) is 0 Å². The molecule has 0 aliphatic carbocycles. The maximum Gasteiger partial charge on any atom is 0.164 e. The van der Waals surface area contributed by atoms with Gasteiger partial charge in [-0.1, -0.05) is 35.3 Å². The summed E-state index contributed by atoms with van der Waals surface area (Å²) in [7, 11) is 0. The summed E-state index contributed by atoms with van der Waals surface area (Å²) in [4.78, 5) is 0. The van der Waals surface area contributed by atoms with E-state index < -0.39 is 0 Å². The van der Waals surface area contributed by atoms with Gasteiger partial charge < -0.3 is 4.57 Å². The van der Waals surface area contributed by atoms with E-state index in [2.05, 4.69) is 37.1 Å². The monoisotopic (exact) mass is 383 g/mol. The van der Waals surface area contributed by atoms with Gasteiger partial charge in [0.05, 0.1) is 11.6 Å². The average molecular weight is 384 g/mol. The molecule has 0 amide bonds. The van der Waals surface area contributed by atoms with Crippen LogP contribution in [0, 0.1) is 0 Å². The van der Waals surface area contributed by atoms with Crippen LogP contribution in [0.15, 0.2) is 42.5 Å². The number of aromatic nitrogens is 5. The summed E-state index contributed by atoms with van der Waals surface area (Å²) in [5.74, 6) is 1.88. The number of rotatable bonds is 2. The van der Waals surface area contributed by atoms with Gasteiger partial charge in [0, 0.05) is 22.4 Å². The lowest BCUT2D eigenvalue weighted by Crippen LogP contribution is -2.20. The zero-order chi connectivity index (χ0) is 17.7. The van der Waals surface area contributed by atoms with Crippen molar-refractivity contribution in [2.24, 2.45) is 0 Å². The predicted octanol–water partition coefficient (Wildman–Crippen LogP) is 5.05. The maximum atomic E-state index is 6.19. The highest BCUT2D eigenvalue weighted by Crippen LogP contribution is 2.36. The highest BCUT2D eigenvalue weighted by atomic mass is 35.5. The molecular formula is C19H15Cl2N5. The average Bonchev–Trinajstić information content (AvgIpc) is 3.26. The number of aryl methyl sites for hydroxylation is 1. The molecule has 0 saturated carbocycles. The third-order valence-electron chi connectivity index (χ3n) is 4.99. The molecule has 130 valence electrons. The van der Waals surface area contributed by atoms with Crippen LogP contribution in [-0.4, -0.2) is 25.0 Å². The second kappa shape index (κ2) is 6.11. The third kappa shape index (κ3) is 2.50. The molecule has 1 aliphatic heterocycles. The van der Waals surface area contributed by atoms with Crippen molar-refractivity contribution in [3.05, 3.63) is 64.0 Å². The Balaban J connectivity index is 1.66. The van der Waals surface area contributed by atoms with Crippen molar-refractivity contribution in [2.45, 2.75) is 25.3 Å². The molecule has 1 aliphatic rings. The fourth-order valence-electron chi connectivity index (χ4n) is 3.72. The van der Waals surface area contributed by atoms with Crippen LogP contribution in [-0.2, 0) is 6.42 Å². The molecule has 1 atom stereocenters. The number of nitrogens with zero attached hydrogens (tertiary/aromatic N) is 4. The van der Waals surface area contributed by atoms with Gasteiger partial charge in [-0.3, -0.25) is 5.10 Å². The first-order valence-corrected chi connectivity index (χ1v) is 9.29. The van der Waals surface area contributed by atoms with Crippen molar-refractivity contribution in [1.29, 1.82) is 0 Å². The first-order chi connectivity index (χ1) is 12.7. The lowest BCUT2D eigenvalue weighted by molar-refractivity contribution is 0.454. The number of hydrogen-bond donors (Lipinski definition) is 1. The fourth-order valence-corrected chi connectivity index (χ4v) is 4.05. The minimum Gasteiger partial charge on any atom is -0.303 e. The fraction of sp³-hybridized carbons (Fsp3) is 0.211. The van der Waals surface area contributed by atoms with E-state index in [1.165, 1.54) is 5.56 Å². The minimum atomic E-state index is 0.205. The van der Waals surface area contributed by atoms with Crippen LogP contribution in [0.5, 0.6) is 0 Å². The number of nitrogens with one attached hydrogen (secondary N) is 1. The van der Waals surface area contributed by atoms with Crippen molar-refractivity contribution < 1.29 is 0 Å². The zero-order valence-corrected chi connectivity index (χ0v) is 15.3. The van der Waals surface area contributed by atoms with Gasteiger partial charge in [0.15, 0.2) is 11.0 Å². The minimum absolute atomic E-state index is 0.205. The lowest BCUT2D eigenvalue weighted by Gasteiger charge is -2.26. The largest absolute Gasteiger partial charge is 0.303 e. The second-order valence-corrected chi connectivity index (χ2v) is 7.34. The van der Waals surface area contributed by atoms with Crippen molar-refractivity contribution in [3.8, 4) is 11.4 Å². The molecule has 1 N–H and O–H groups in total. The molecule has 1 unspecified atom stereocenters. The highest BCUT2D eigenvalue weighted by Gasteiger charge is 2.26. The van der Waals surface area contributed by atoms with Crippen LogP contribution in [0.1, 0.15) is 30.3 Å². The lowest BCUT2D eigenvalue weighted by atomic mass is 9.96. The molecule has 0 saturated heterocycles. The number of hydrogen-bond acceptors (Lipinski definition) is 3. The molecule has 4 aromatic rings. The number of halogens is 2. The Morgan fingerprint density at radius 1 is 1.04 bits per heavy atom. The molecule has 2 aromatic heterocycles. The Bertz CT molecular complexity index is 1100. The second-order valence-electron chi connectivity index (χ2n) is 6.54. The summed E-state index contributed by atoms with van der Waals surface area (Å²) in [6.07, 6.45) is 3.08. The van der Waals surface area contributed by atoms with E-state index in [1.807, 2.05) is 30.3 Å². The van der Waals surface area contributed by atoms with E-state index in [0.717, 1.165) is 52.4 Å². The van der Waals surface area contributed by atoms with Gasteiger partial charge in [-0.2, -0.15) is 5.10 Å². The Morgan fingerprint density at radius 3 is 2.73 bits per heavy atom. The van der Waals surface area contributed by atoms with E-state index in [1.54, 1.807) is 0 Å². The summed E-state index contributed by atoms with van der Waals surface area (Å²) >= 11 is 12.3. The van der Waals surface area contributed by atoms with Gasteiger partial charge in [-0.05, 0) is 48.7 Å². The van der Waals surface area contributed by atoms with Crippen LogP contribution in [0.3, 0.4) is 0 Å². The van der Waals surface area contributed by atoms with Crippen LogP contribution in [0.25, 0.3) is 22.3 Å². The van der Waals surface area contributed by atoms with Crippen molar-refractivity contribution in [1.82, 2.24) is 25.0 Å². The van der Waals surface area contributed by atoms with E-state index in [9.17, 15) is 0 Å². The van der Waals surface area contributed by atoms with Crippen molar-refractivity contribution in [2.75, 3.05) is 0 Å². The molecule has 26 heavy (non-hydrogen) atoms. The molecule has 7 heteroatoms. The number of aromatic amines is 1. The van der Waals surface area contributed by atoms with E-state index in [0.29, 0.717) is 5.15 Å². The van der Waals surface area contributed by atoms with Gasteiger partial charge in [0.1, 0.15) is 5.82 Å². The maximum absolute atomic E-state index is 6.19. The van der Waals surface area contributed by atoms with E-state index in [4.69, 9.17) is 23.2 Å². The third-order valence-corrected chi connectivity index (χ3v) is 5.53. The molecule has 0 fully saturated rings. The van der Waals surface area contributed by atoms with Crippen molar-refractivity contribution in [3.63, 3.8) is 0 Å². The van der Waals surface area contributed by atoms with Gasteiger partial charge in [-0.15, -0.1) is 10.2 Å². The van der Waals surface area contributed by atoms with E-state index >= 15 is 0 Å². The van der Waals surface area contributed by atoms with Crippen molar-refractivity contribution >= 4 is 34.1 Å². The molecule has 0 bridgehead atoms. The Morgan fingerprint density at radius 2 is 1.88 bits per heavy atom. The van der Waals surface area contributed by atoms with E-state index in [-0.39, 0.29) is 6.04 Å². The van der Waals surface area contributed by atoms with Gasteiger partial charge in [0.2, 0.25) is 0 Å². The topological polar surface area (TPSA) is 59.4 Å². The summed E-state index contributed by atoms with van der Waals surface area (Å²) in [6, 6.07) is 14.3. The Kier molecular flexibility index (Phi) is 3.72. The van der Waals surface area contributed by atoms with Crippen LogP contribution in [0.2, 0.25) is 10.2 Å². The summed E-state index contributed by atoms with van der Waals surface area (Å²) in [5.41, 5.74) is 3.12. The molecule has 2 aromatic carbocycles. The van der Waals surface area contributed by atoms with Crippen LogP contribution >= 0.6 is 23.2 Å².